The van der Waals surface area contributed by atoms with Crippen LogP contribution in [0.2, 0.25) is 0 Å². The Labute approximate surface area is 91.3 Å². The highest BCUT2D eigenvalue weighted by molar-refractivity contribution is 7.15. The lowest BCUT2D eigenvalue weighted by Crippen LogP contribution is -2.60. The van der Waals surface area contributed by atoms with E-state index in [1.165, 1.54) is 18.4 Å². The Balaban J connectivity index is 2.21. The first kappa shape index (κ1) is 10.4. The van der Waals surface area contributed by atoms with Crippen molar-refractivity contribution < 1.29 is 14.6 Å². The number of nitrogens with zero attached hydrogens (tertiary/aromatic N) is 2. The van der Waals surface area contributed by atoms with Gasteiger partial charge in [-0.1, -0.05) is 11.3 Å². The van der Waals surface area contributed by atoms with Gasteiger partial charge < -0.3 is 14.7 Å². The number of anilines is 1. The van der Waals surface area contributed by atoms with Gasteiger partial charge >= 0.3 is 0 Å². The van der Waals surface area contributed by atoms with Crippen molar-refractivity contribution in [2.75, 3.05) is 25.1 Å². The fraction of sp³-hybridized carbons (Fsp3) is 0.556. The van der Waals surface area contributed by atoms with Gasteiger partial charge in [0.2, 0.25) is 0 Å². The lowest BCUT2D eigenvalue weighted by atomic mass is 9.97. The summed E-state index contributed by atoms with van der Waals surface area (Å²) in [5, 5.41) is 10.1. The number of aromatic nitrogens is 1. The van der Waals surface area contributed by atoms with Crippen LogP contribution in [-0.2, 0) is 0 Å². The van der Waals surface area contributed by atoms with Crippen molar-refractivity contribution in [1.29, 1.82) is 0 Å². The van der Waals surface area contributed by atoms with Crippen LogP contribution in [-0.4, -0.2) is 42.2 Å². The summed E-state index contributed by atoms with van der Waals surface area (Å²) < 4.78 is 4.97. The molecule has 1 aliphatic heterocycles. The largest absolute Gasteiger partial charge is 0.473 e. The van der Waals surface area contributed by atoms with Crippen molar-refractivity contribution in [3.63, 3.8) is 0 Å². The summed E-state index contributed by atoms with van der Waals surface area (Å²) in [6, 6.07) is 0. The number of hydrogen-bond acceptors (Lipinski definition) is 6. The average Bonchev–Trinajstić information content (AvgIpc) is 2.56. The van der Waals surface area contributed by atoms with E-state index in [0.717, 1.165) is 6.29 Å². The van der Waals surface area contributed by atoms with Crippen molar-refractivity contribution in [3.05, 3.63) is 4.88 Å². The first-order valence-corrected chi connectivity index (χ1v) is 5.35. The van der Waals surface area contributed by atoms with Crippen LogP contribution in [0.5, 0.6) is 5.19 Å². The molecule has 0 aromatic carbocycles. The number of ether oxygens (including phenoxy) is 1. The fourth-order valence-electron chi connectivity index (χ4n) is 1.62. The number of hydrogen-bond donors (Lipinski definition) is 1. The number of aldehydes is 1. The van der Waals surface area contributed by atoms with Crippen LogP contribution in [0.4, 0.5) is 5.82 Å². The predicted molar refractivity (Wildman–Crippen MR) is 56.9 cm³/mol. The number of rotatable bonds is 3. The van der Waals surface area contributed by atoms with Gasteiger partial charge in [-0.15, -0.1) is 0 Å². The molecule has 1 aromatic heterocycles. The lowest BCUT2D eigenvalue weighted by molar-refractivity contribution is 0.0304. The molecule has 0 spiro atoms. The molecule has 0 unspecified atom stereocenters. The first-order valence-electron chi connectivity index (χ1n) is 4.53. The van der Waals surface area contributed by atoms with Crippen LogP contribution in [0.25, 0.3) is 0 Å². The smallest absolute Gasteiger partial charge is 0.275 e. The van der Waals surface area contributed by atoms with E-state index in [9.17, 15) is 9.90 Å². The van der Waals surface area contributed by atoms with E-state index < -0.39 is 5.60 Å². The highest BCUT2D eigenvalue weighted by Gasteiger charge is 2.39. The number of thiazole rings is 1. The molecule has 0 aliphatic carbocycles. The summed E-state index contributed by atoms with van der Waals surface area (Å²) in [7, 11) is 1.52. The van der Waals surface area contributed by atoms with Gasteiger partial charge in [0.25, 0.3) is 5.19 Å². The van der Waals surface area contributed by atoms with E-state index in [1.54, 1.807) is 6.92 Å². The molecule has 0 amide bonds. The summed E-state index contributed by atoms with van der Waals surface area (Å²) in [6.07, 6.45) is 0.766. The highest BCUT2D eigenvalue weighted by atomic mass is 32.1. The molecule has 0 saturated carbocycles. The highest BCUT2D eigenvalue weighted by Crippen LogP contribution is 2.34. The van der Waals surface area contributed by atoms with Gasteiger partial charge in [-0.3, -0.25) is 4.79 Å². The molecule has 1 aliphatic rings. The Bertz CT molecular complexity index is 381. The molecular formula is C9H12N2O3S. The van der Waals surface area contributed by atoms with E-state index >= 15 is 0 Å². The van der Waals surface area contributed by atoms with Gasteiger partial charge in [-0.05, 0) is 6.92 Å². The minimum Gasteiger partial charge on any atom is -0.473 e. The second-order valence-electron chi connectivity index (χ2n) is 3.84. The summed E-state index contributed by atoms with van der Waals surface area (Å²) in [5.41, 5.74) is -0.670. The Kier molecular flexibility index (Phi) is 2.40. The third-order valence-corrected chi connectivity index (χ3v) is 3.19. The van der Waals surface area contributed by atoms with Crippen molar-refractivity contribution in [3.8, 4) is 5.19 Å². The van der Waals surface area contributed by atoms with Crippen molar-refractivity contribution in [2.45, 2.75) is 12.5 Å². The van der Waals surface area contributed by atoms with Crippen LogP contribution in [0, 0.1) is 0 Å². The lowest BCUT2D eigenvalue weighted by Gasteiger charge is -2.44. The molecule has 6 heteroatoms. The Morgan fingerprint density at radius 2 is 2.33 bits per heavy atom. The zero-order valence-electron chi connectivity index (χ0n) is 8.56. The monoisotopic (exact) mass is 228 g/mol. The molecule has 2 heterocycles. The van der Waals surface area contributed by atoms with Gasteiger partial charge in [0.15, 0.2) is 12.1 Å². The third kappa shape index (κ3) is 1.82. The maximum Gasteiger partial charge on any atom is 0.275 e. The van der Waals surface area contributed by atoms with Gasteiger partial charge in [0, 0.05) is 13.1 Å². The Hall–Kier alpha value is -1.14. The summed E-state index contributed by atoms with van der Waals surface area (Å²) in [4.78, 5) is 17.4. The molecule has 1 N–H and O–H groups in total. The summed E-state index contributed by atoms with van der Waals surface area (Å²) in [6.45, 7) is 2.76. The molecule has 0 atom stereocenters. The second kappa shape index (κ2) is 3.46. The molecule has 15 heavy (non-hydrogen) atoms. The minimum atomic E-state index is -0.670. The topological polar surface area (TPSA) is 62.7 Å². The molecule has 5 nitrogen and oxygen atoms in total. The van der Waals surface area contributed by atoms with Crippen LogP contribution in [0.1, 0.15) is 16.6 Å². The van der Waals surface area contributed by atoms with Crippen LogP contribution >= 0.6 is 11.3 Å². The number of methoxy groups -OCH3 is 1. The van der Waals surface area contributed by atoms with Crippen LogP contribution in [0.3, 0.4) is 0 Å². The maximum atomic E-state index is 10.8. The van der Waals surface area contributed by atoms with Gasteiger partial charge in [0.1, 0.15) is 4.88 Å². The standard InChI is InChI=1S/C9H12N2O3S/c1-9(13)4-11(5-9)7-6(3-12)15-8(10-7)14-2/h3,13H,4-5H2,1-2H3. The molecule has 82 valence electrons. The summed E-state index contributed by atoms with van der Waals surface area (Å²) in [5.74, 6) is 0.610. The summed E-state index contributed by atoms with van der Waals surface area (Å²) >= 11 is 1.21. The van der Waals surface area contributed by atoms with Gasteiger partial charge in [0.05, 0.1) is 12.7 Å². The second-order valence-corrected chi connectivity index (χ2v) is 4.84. The fourth-order valence-corrected chi connectivity index (χ4v) is 2.34. The molecule has 0 bridgehead atoms. The van der Waals surface area contributed by atoms with Gasteiger partial charge in [-0.2, -0.15) is 4.98 Å². The number of carbonyl (C=O) groups excluding carboxylic acids is 1. The quantitative estimate of drug-likeness (QED) is 0.765. The molecule has 1 saturated heterocycles. The molecule has 0 radical (unpaired) electrons. The zero-order chi connectivity index (χ0) is 11.1. The maximum absolute atomic E-state index is 10.8. The molecule has 1 aromatic rings. The first-order chi connectivity index (χ1) is 7.05. The van der Waals surface area contributed by atoms with Gasteiger partial charge in [-0.25, -0.2) is 0 Å². The Morgan fingerprint density at radius 3 is 2.80 bits per heavy atom. The minimum absolute atomic E-state index is 0.471. The number of β-amino-alcohol motifs (C(OH)–C–C–N with tert-alkyl or cyclic N) is 1. The number of carbonyl (C=O) groups is 1. The van der Waals surface area contributed by atoms with Crippen molar-refractivity contribution >= 4 is 23.4 Å². The van der Waals surface area contributed by atoms with E-state index in [2.05, 4.69) is 4.98 Å². The molecule has 1 fully saturated rings. The van der Waals surface area contributed by atoms with Crippen molar-refractivity contribution in [1.82, 2.24) is 4.98 Å². The zero-order valence-corrected chi connectivity index (χ0v) is 9.37. The normalized spacial score (nSPS) is 18.5. The third-order valence-electron chi connectivity index (χ3n) is 2.26. The van der Waals surface area contributed by atoms with Crippen molar-refractivity contribution in [2.24, 2.45) is 0 Å². The predicted octanol–water partition coefficient (Wildman–Crippen LogP) is 0.535. The molecular weight excluding hydrogens is 216 g/mol. The van der Waals surface area contributed by atoms with Crippen LogP contribution < -0.4 is 9.64 Å². The van der Waals surface area contributed by atoms with E-state index in [4.69, 9.17) is 4.74 Å². The number of aliphatic hydroxyl groups is 1. The SMILES string of the molecule is COc1nc(N2CC(C)(O)C2)c(C=O)s1. The average molecular weight is 228 g/mol. The molecule has 2 rings (SSSR count). The van der Waals surface area contributed by atoms with Crippen LogP contribution in [0.15, 0.2) is 0 Å². The Morgan fingerprint density at radius 1 is 1.67 bits per heavy atom. The van der Waals surface area contributed by atoms with E-state index in [-0.39, 0.29) is 0 Å². The van der Waals surface area contributed by atoms with E-state index in [0.29, 0.717) is 29.0 Å². The van der Waals surface area contributed by atoms with E-state index in [1.807, 2.05) is 4.90 Å².